The zero-order valence-electron chi connectivity index (χ0n) is 15.9. The first-order valence-electron chi connectivity index (χ1n) is 8.64. The van der Waals surface area contributed by atoms with E-state index in [0.717, 1.165) is 5.56 Å². The maximum atomic E-state index is 13.0. The fraction of sp³-hybridized carbons (Fsp3) is 0.286. The van der Waals surface area contributed by atoms with E-state index in [1.165, 1.54) is 0 Å². The van der Waals surface area contributed by atoms with Crippen LogP contribution in [-0.2, 0) is 16.1 Å². The summed E-state index contributed by atoms with van der Waals surface area (Å²) in [5.41, 5.74) is 1.59. The Kier molecular flexibility index (Phi) is 4.99. The normalized spacial score (nSPS) is 15.0. The molecule has 1 aliphatic heterocycles. The summed E-state index contributed by atoms with van der Waals surface area (Å²) in [5.74, 6) is 0.243. The molecule has 1 aliphatic rings. The maximum Gasteiger partial charge on any atom is 0.434 e. The van der Waals surface area contributed by atoms with Crippen LogP contribution in [0.15, 0.2) is 53.5 Å². The first-order valence-corrected chi connectivity index (χ1v) is 8.64. The van der Waals surface area contributed by atoms with Crippen LogP contribution >= 0.6 is 0 Å². The Balaban J connectivity index is 2.00. The molecular formula is C21H22N2O4. The standard InChI is InChI=1S/C21H22N2O4/c1-21(2,3)27-20(25)22-18-16-12-15(26-4)10-11-17(16)23(19(18)24)13-14-8-6-5-7-9-14/h5-12H,13H2,1-4H3/b22-18+. The molecule has 0 fully saturated rings. The van der Waals surface area contributed by atoms with Crippen molar-refractivity contribution in [1.82, 2.24) is 0 Å². The number of hydrogen-bond acceptors (Lipinski definition) is 4. The Morgan fingerprint density at radius 3 is 2.44 bits per heavy atom. The fourth-order valence-corrected chi connectivity index (χ4v) is 2.83. The molecule has 0 spiro atoms. The average molecular weight is 366 g/mol. The number of benzene rings is 2. The monoisotopic (exact) mass is 366 g/mol. The molecule has 0 aliphatic carbocycles. The molecule has 0 radical (unpaired) electrons. The second kappa shape index (κ2) is 7.23. The van der Waals surface area contributed by atoms with Gasteiger partial charge < -0.3 is 14.4 Å². The SMILES string of the molecule is COc1ccc2c(c1)/C(=N\C(=O)OC(C)(C)C)C(=O)N2Cc1ccccc1. The molecule has 0 bridgehead atoms. The number of aliphatic imine (C=N–C) groups is 1. The zero-order chi connectivity index (χ0) is 19.6. The molecule has 0 aromatic heterocycles. The molecule has 0 unspecified atom stereocenters. The predicted octanol–water partition coefficient (Wildman–Crippen LogP) is 3.97. The number of hydrogen-bond donors (Lipinski definition) is 0. The number of ether oxygens (including phenoxy) is 2. The lowest BCUT2D eigenvalue weighted by Gasteiger charge is -2.18. The largest absolute Gasteiger partial charge is 0.497 e. The summed E-state index contributed by atoms with van der Waals surface area (Å²) in [5, 5.41) is 0. The van der Waals surface area contributed by atoms with E-state index in [-0.39, 0.29) is 11.6 Å². The predicted molar refractivity (Wildman–Crippen MR) is 103 cm³/mol. The van der Waals surface area contributed by atoms with Crippen LogP contribution in [-0.4, -0.2) is 30.4 Å². The van der Waals surface area contributed by atoms with Gasteiger partial charge >= 0.3 is 6.09 Å². The van der Waals surface area contributed by atoms with Gasteiger partial charge in [0.25, 0.3) is 5.91 Å². The average Bonchev–Trinajstić information content (AvgIpc) is 2.86. The molecule has 2 aromatic rings. The van der Waals surface area contributed by atoms with Crippen LogP contribution in [0.4, 0.5) is 10.5 Å². The van der Waals surface area contributed by atoms with E-state index in [9.17, 15) is 9.59 Å². The summed E-state index contributed by atoms with van der Waals surface area (Å²) >= 11 is 0. The summed E-state index contributed by atoms with van der Waals surface area (Å²) in [6.07, 6.45) is -0.791. The maximum absolute atomic E-state index is 13.0. The summed E-state index contributed by atoms with van der Waals surface area (Å²) in [6.45, 7) is 5.63. The topological polar surface area (TPSA) is 68.2 Å². The van der Waals surface area contributed by atoms with Crippen molar-refractivity contribution in [3.63, 3.8) is 0 Å². The lowest BCUT2D eigenvalue weighted by molar-refractivity contribution is -0.112. The highest BCUT2D eigenvalue weighted by molar-refractivity contribution is 6.55. The van der Waals surface area contributed by atoms with Gasteiger partial charge in [-0.2, -0.15) is 4.99 Å². The number of nitrogens with zero attached hydrogens (tertiary/aromatic N) is 2. The molecule has 0 saturated heterocycles. The number of fused-ring (bicyclic) bond motifs is 1. The van der Waals surface area contributed by atoms with E-state index in [1.807, 2.05) is 30.3 Å². The molecule has 6 heteroatoms. The minimum atomic E-state index is -0.791. The van der Waals surface area contributed by atoms with Crippen molar-refractivity contribution in [3.05, 3.63) is 59.7 Å². The van der Waals surface area contributed by atoms with E-state index in [2.05, 4.69) is 4.99 Å². The highest BCUT2D eigenvalue weighted by Gasteiger charge is 2.35. The van der Waals surface area contributed by atoms with Crippen molar-refractivity contribution in [3.8, 4) is 5.75 Å². The lowest BCUT2D eigenvalue weighted by atomic mass is 10.1. The van der Waals surface area contributed by atoms with Crippen molar-refractivity contribution in [2.24, 2.45) is 4.99 Å². The summed E-state index contributed by atoms with van der Waals surface area (Å²) < 4.78 is 10.5. The van der Waals surface area contributed by atoms with Crippen molar-refractivity contribution >= 4 is 23.4 Å². The minimum Gasteiger partial charge on any atom is -0.497 e. The van der Waals surface area contributed by atoms with Crippen LogP contribution in [0.5, 0.6) is 5.75 Å². The lowest BCUT2D eigenvalue weighted by Crippen LogP contribution is -2.30. The van der Waals surface area contributed by atoms with Crippen molar-refractivity contribution in [2.75, 3.05) is 12.0 Å². The molecule has 0 N–H and O–H groups in total. The van der Waals surface area contributed by atoms with Gasteiger partial charge in [-0.05, 0) is 44.5 Å². The Hall–Kier alpha value is -3.15. The Labute approximate surface area is 158 Å². The van der Waals surface area contributed by atoms with E-state index < -0.39 is 11.7 Å². The van der Waals surface area contributed by atoms with Gasteiger partial charge in [0.05, 0.1) is 19.3 Å². The first kappa shape index (κ1) is 18.6. The summed E-state index contributed by atoms with van der Waals surface area (Å²) in [6, 6.07) is 14.9. The molecule has 1 heterocycles. The van der Waals surface area contributed by atoms with Gasteiger partial charge in [0.2, 0.25) is 0 Å². The summed E-state index contributed by atoms with van der Waals surface area (Å²) in [7, 11) is 1.55. The Morgan fingerprint density at radius 1 is 1.11 bits per heavy atom. The van der Waals surface area contributed by atoms with Crippen LogP contribution in [0.2, 0.25) is 0 Å². The minimum absolute atomic E-state index is 0.0640. The third kappa shape index (κ3) is 4.16. The van der Waals surface area contributed by atoms with Gasteiger partial charge in [-0.25, -0.2) is 4.79 Å². The number of amides is 2. The molecule has 3 rings (SSSR count). The molecule has 27 heavy (non-hydrogen) atoms. The Morgan fingerprint density at radius 2 is 1.81 bits per heavy atom. The van der Waals surface area contributed by atoms with Crippen LogP contribution in [0.25, 0.3) is 0 Å². The quantitative estimate of drug-likeness (QED) is 0.824. The van der Waals surface area contributed by atoms with Crippen molar-refractivity contribution in [1.29, 1.82) is 0 Å². The summed E-state index contributed by atoms with van der Waals surface area (Å²) in [4.78, 5) is 30.8. The molecule has 6 nitrogen and oxygen atoms in total. The van der Waals surface area contributed by atoms with E-state index in [0.29, 0.717) is 23.5 Å². The van der Waals surface area contributed by atoms with Gasteiger partial charge in [0, 0.05) is 5.56 Å². The molecule has 2 aromatic carbocycles. The highest BCUT2D eigenvalue weighted by atomic mass is 16.6. The Bertz CT molecular complexity index is 898. The van der Waals surface area contributed by atoms with Crippen LogP contribution in [0.3, 0.4) is 0 Å². The van der Waals surface area contributed by atoms with Gasteiger partial charge in [0.15, 0.2) is 0 Å². The highest BCUT2D eigenvalue weighted by Crippen LogP contribution is 2.34. The van der Waals surface area contributed by atoms with Crippen molar-refractivity contribution in [2.45, 2.75) is 32.9 Å². The molecular weight excluding hydrogens is 344 g/mol. The second-order valence-corrected chi connectivity index (χ2v) is 7.20. The zero-order valence-corrected chi connectivity index (χ0v) is 15.9. The van der Waals surface area contributed by atoms with Gasteiger partial charge in [-0.15, -0.1) is 0 Å². The second-order valence-electron chi connectivity index (χ2n) is 7.20. The third-order valence-electron chi connectivity index (χ3n) is 3.98. The number of rotatable bonds is 3. The molecule has 2 amide bonds. The number of anilines is 1. The van der Waals surface area contributed by atoms with Crippen LogP contribution in [0.1, 0.15) is 31.9 Å². The number of carbonyl (C=O) groups is 2. The fourth-order valence-electron chi connectivity index (χ4n) is 2.83. The molecule has 0 saturated carbocycles. The molecule has 0 atom stereocenters. The van der Waals surface area contributed by atoms with E-state index >= 15 is 0 Å². The third-order valence-corrected chi connectivity index (χ3v) is 3.98. The van der Waals surface area contributed by atoms with Gasteiger partial charge in [-0.3, -0.25) is 4.79 Å². The van der Waals surface area contributed by atoms with Crippen LogP contribution in [0, 0.1) is 0 Å². The number of methoxy groups -OCH3 is 1. The smallest absolute Gasteiger partial charge is 0.434 e. The number of carbonyl (C=O) groups excluding carboxylic acids is 2. The molecule has 140 valence electrons. The van der Waals surface area contributed by atoms with Gasteiger partial charge in [-0.1, -0.05) is 30.3 Å². The van der Waals surface area contributed by atoms with Crippen LogP contribution < -0.4 is 9.64 Å². The van der Waals surface area contributed by atoms with Gasteiger partial charge in [0.1, 0.15) is 17.1 Å². The van der Waals surface area contributed by atoms with E-state index in [4.69, 9.17) is 9.47 Å². The van der Waals surface area contributed by atoms with E-state index in [1.54, 1.807) is 51.0 Å². The van der Waals surface area contributed by atoms with Crippen molar-refractivity contribution < 1.29 is 19.1 Å². The first-order chi connectivity index (χ1) is 12.8.